The molecule has 0 atom stereocenters. The summed E-state index contributed by atoms with van der Waals surface area (Å²) in [6.07, 6.45) is 5.83. The molecule has 0 aromatic heterocycles. The molecule has 96 valence electrons. The first-order valence-corrected chi connectivity index (χ1v) is 9.25. The van der Waals surface area contributed by atoms with E-state index in [4.69, 9.17) is 4.43 Å². The molecule has 1 aromatic rings. The van der Waals surface area contributed by atoms with Crippen molar-refractivity contribution in [2.24, 2.45) is 0 Å². The standard InChI is InChI=1S/C15H19BrOSi/c1-4-11-18(12-5-2,13-6-3)17-15-9-7-14(16)8-10-15/h4-10H,1-3,11-13H2. The molecule has 0 fully saturated rings. The highest BCUT2D eigenvalue weighted by molar-refractivity contribution is 9.10. The van der Waals surface area contributed by atoms with E-state index in [2.05, 4.69) is 35.7 Å². The molecule has 0 aliphatic heterocycles. The molecule has 0 unspecified atom stereocenters. The monoisotopic (exact) mass is 322 g/mol. The first-order valence-electron chi connectivity index (χ1n) is 5.93. The van der Waals surface area contributed by atoms with Crippen LogP contribution in [0.5, 0.6) is 5.75 Å². The van der Waals surface area contributed by atoms with E-state index in [1.807, 2.05) is 42.5 Å². The minimum absolute atomic E-state index is 0.904. The quantitative estimate of drug-likeness (QED) is 0.464. The lowest BCUT2D eigenvalue weighted by atomic mass is 10.3. The van der Waals surface area contributed by atoms with Crippen LogP contribution in [0, 0.1) is 0 Å². The lowest BCUT2D eigenvalue weighted by Gasteiger charge is -2.29. The fourth-order valence-corrected chi connectivity index (χ4v) is 5.15. The van der Waals surface area contributed by atoms with Crippen LogP contribution in [0.25, 0.3) is 0 Å². The maximum atomic E-state index is 6.28. The van der Waals surface area contributed by atoms with E-state index in [1.165, 1.54) is 0 Å². The van der Waals surface area contributed by atoms with Crippen LogP contribution in [0.2, 0.25) is 18.1 Å². The van der Waals surface area contributed by atoms with Gasteiger partial charge in [0, 0.05) is 4.47 Å². The third kappa shape index (κ3) is 4.31. The van der Waals surface area contributed by atoms with Crippen molar-refractivity contribution in [3.8, 4) is 5.75 Å². The molecule has 0 amide bonds. The van der Waals surface area contributed by atoms with Gasteiger partial charge in [0.25, 0.3) is 8.32 Å². The van der Waals surface area contributed by atoms with E-state index in [9.17, 15) is 0 Å². The minimum atomic E-state index is -1.92. The lowest BCUT2D eigenvalue weighted by molar-refractivity contribution is 0.541. The Kier molecular flexibility index (Phi) is 6.16. The number of hydrogen-bond donors (Lipinski definition) is 0. The van der Waals surface area contributed by atoms with Crippen molar-refractivity contribution < 1.29 is 4.43 Å². The van der Waals surface area contributed by atoms with Gasteiger partial charge in [-0.1, -0.05) is 34.2 Å². The van der Waals surface area contributed by atoms with Gasteiger partial charge >= 0.3 is 0 Å². The molecule has 1 aromatic carbocycles. The Balaban J connectivity index is 2.93. The summed E-state index contributed by atoms with van der Waals surface area (Å²) in [5.74, 6) is 0.912. The van der Waals surface area contributed by atoms with Gasteiger partial charge in [0.15, 0.2) is 0 Å². The Morgan fingerprint density at radius 1 is 0.944 bits per heavy atom. The van der Waals surface area contributed by atoms with Crippen LogP contribution in [-0.4, -0.2) is 8.32 Å². The second-order valence-corrected chi connectivity index (χ2v) is 8.93. The van der Waals surface area contributed by atoms with Crippen LogP contribution in [0.1, 0.15) is 0 Å². The fraction of sp³-hybridized carbons (Fsp3) is 0.200. The Hall–Kier alpha value is -1.06. The highest BCUT2D eigenvalue weighted by Gasteiger charge is 2.33. The van der Waals surface area contributed by atoms with Crippen molar-refractivity contribution in [3.63, 3.8) is 0 Å². The van der Waals surface area contributed by atoms with Crippen molar-refractivity contribution in [1.29, 1.82) is 0 Å². The third-order valence-corrected chi connectivity index (χ3v) is 6.99. The highest BCUT2D eigenvalue weighted by atomic mass is 79.9. The molecule has 0 aliphatic rings. The molecule has 0 bridgehead atoms. The molecule has 1 rings (SSSR count). The van der Waals surface area contributed by atoms with Crippen molar-refractivity contribution in [3.05, 3.63) is 66.7 Å². The van der Waals surface area contributed by atoms with E-state index in [1.54, 1.807) is 0 Å². The lowest BCUT2D eigenvalue weighted by Crippen LogP contribution is -2.40. The first-order chi connectivity index (χ1) is 8.65. The van der Waals surface area contributed by atoms with Gasteiger partial charge in [-0.05, 0) is 42.4 Å². The number of allylic oxidation sites excluding steroid dienone is 3. The number of rotatable bonds is 8. The topological polar surface area (TPSA) is 9.23 Å². The van der Waals surface area contributed by atoms with Gasteiger partial charge in [-0.2, -0.15) is 0 Å². The van der Waals surface area contributed by atoms with Gasteiger partial charge < -0.3 is 4.43 Å². The summed E-state index contributed by atoms with van der Waals surface area (Å²) in [6, 6.07) is 10.7. The molecule has 0 heterocycles. The Labute approximate surface area is 119 Å². The Bertz CT molecular complexity index is 384. The van der Waals surface area contributed by atoms with Crippen molar-refractivity contribution in [2.45, 2.75) is 18.1 Å². The smallest absolute Gasteiger partial charge is 0.262 e. The number of halogens is 1. The zero-order valence-corrected chi connectivity index (χ0v) is 13.2. The molecule has 0 saturated carbocycles. The molecule has 0 N–H and O–H groups in total. The van der Waals surface area contributed by atoms with E-state index < -0.39 is 8.32 Å². The molecular formula is C15H19BrOSi. The molecule has 3 heteroatoms. The second kappa shape index (κ2) is 7.39. The molecule has 0 saturated heterocycles. The van der Waals surface area contributed by atoms with Gasteiger partial charge in [-0.25, -0.2) is 0 Å². The van der Waals surface area contributed by atoms with Crippen molar-refractivity contribution in [1.82, 2.24) is 0 Å². The zero-order valence-electron chi connectivity index (χ0n) is 10.6. The summed E-state index contributed by atoms with van der Waals surface area (Å²) in [6.45, 7) is 11.5. The van der Waals surface area contributed by atoms with Crippen LogP contribution in [0.4, 0.5) is 0 Å². The predicted octanol–water partition coefficient (Wildman–Crippen LogP) is 5.33. The summed E-state index contributed by atoms with van der Waals surface area (Å²) in [5, 5.41) is 0. The maximum absolute atomic E-state index is 6.28. The highest BCUT2D eigenvalue weighted by Crippen LogP contribution is 2.28. The molecular weight excluding hydrogens is 304 g/mol. The summed E-state index contributed by atoms with van der Waals surface area (Å²) in [7, 11) is -1.92. The summed E-state index contributed by atoms with van der Waals surface area (Å²) < 4.78 is 7.34. The van der Waals surface area contributed by atoms with Gasteiger partial charge in [0.05, 0.1) is 0 Å². The minimum Gasteiger partial charge on any atom is -0.543 e. The molecule has 0 radical (unpaired) electrons. The molecule has 1 nitrogen and oxygen atoms in total. The van der Waals surface area contributed by atoms with Gasteiger partial charge in [-0.15, -0.1) is 19.7 Å². The van der Waals surface area contributed by atoms with Crippen LogP contribution in [0.3, 0.4) is 0 Å². The SMILES string of the molecule is C=CC[Si](CC=C)(CC=C)Oc1ccc(Br)cc1. The van der Waals surface area contributed by atoms with E-state index >= 15 is 0 Å². The van der Waals surface area contributed by atoms with Crippen molar-refractivity contribution >= 4 is 24.2 Å². The molecule has 0 spiro atoms. The van der Waals surface area contributed by atoms with Gasteiger partial charge in [-0.3, -0.25) is 0 Å². The van der Waals surface area contributed by atoms with Crippen molar-refractivity contribution in [2.75, 3.05) is 0 Å². The first kappa shape index (κ1) is 15.0. The zero-order chi connectivity index (χ0) is 13.4. The van der Waals surface area contributed by atoms with Crippen LogP contribution >= 0.6 is 15.9 Å². The second-order valence-electron chi connectivity index (χ2n) is 4.22. The van der Waals surface area contributed by atoms with Crippen LogP contribution in [0.15, 0.2) is 66.7 Å². The third-order valence-electron chi connectivity index (χ3n) is 2.70. The molecule has 18 heavy (non-hydrogen) atoms. The number of benzene rings is 1. The average Bonchev–Trinajstić information content (AvgIpc) is 2.33. The maximum Gasteiger partial charge on any atom is 0.262 e. The largest absolute Gasteiger partial charge is 0.543 e. The van der Waals surface area contributed by atoms with Gasteiger partial charge in [0.2, 0.25) is 0 Å². The number of hydrogen-bond acceptors (Lipinski definition) is 1. The summed E-state index contributed by atoms with van der Waals surface area (Å²) in [4.78, 5) is 0. The van der Waals surface area contributed by atoms with E-state index in [0.29, 0.717) is 0 Å². The Morgan fingerprint density at radius 2 is 1.39 bits per heavy atom. The van der Waals surface area contributed by atoms with Crippen LogP contribution < -0.4 is 4.43 Å². The van der Waals surface area contributed by atoms with Crippen LogP contribution in [-0.2, 0) is 0 Å². The normalized spacial score (nSPS) is 10.7. The summed E-state index contributed by atoms with van der Waals surface area (Å²) in [5.41, 5.74) is 0. The van der Waals surface area contributed by atoms with Gasteiger partial charge in [0.1, 0.15) is 5.75 Å². The predicted molar refractivity (Wildman–Crippen MR) is 85.5 cm³/mol. The Morgan fingerprint density at radius 3 is 1.78 bits per heavy atom. The van der Waals surface area contributed by atoms with E-state index in [0.717, 1.165) is 28.4 Å². The molecule has 0 aliphatic carbocycles. The van der Waals surface area contributed by atoms with E-state index in [-0.39, 0.29) is 0 Å². The fourth-order valence-electron chi connectivity index (χ4n) is 1.92. The average molecular weight is 323 g/mol. The summed E-state index contributed by atoms with van der Waals surface area (Å²) >= 11 is 3.42.